The third kappa shape index (κ3) is 2.35. The molecule has 0 spiro atoms. The van der Waals surface area contributed by atoms with Crippen molar-refractivity contribution < 1.29 is 19.0 Å². The summed E-state index contributed by atoms with van der Waals surface area (Å²) in [5.74, 6) is 1.84. The summed E-state index contributed by atoms with van der Waals surface area (Å²) in [5, 5.41) is 0. The quantitative estimate of drug-likeness (QED) is 0.808. The standard InChI is InChI=1S/C13H16O4/c1-8(2)17-13-6-9-10(14)4-5-16-11(9)7-12(13)15-3/h6-8H,4-5H2,1-3H3. The summed E-state index contributed by atoms with van der Waals surface area (Å²) >= 11 is 0. The van der Waals surface area contributed by atoms with Crippen molar-refractivity contribution in [3.8, 4) is 17.2 Å². The van der Waals surface area contributed by atoms with Crippen molar-refractivity contribution in [2.45, 2.75) is 26.4 Å². The fourth-order valence-corrected chi connectivity index (χ4v) is 1.77. The molecule has 17 heavy (non-hydrogen) atoms. The van der Waals surface area contributed by atoms with Gasteiger partial charge in [0.15, 0.2) is 17.3 Å². The van der Waals surface area contributed by atoms with Crippen LogP contribution in [0, 0.1) is 0 Å². The SMILES string of the molecule is COc1cc2c(cc1OC(C)C)C(=O)CCO2. The molecule has 0 N–H and O–H groups in total. The second-order valence-electron chi connectivity index (χ2n) is 4.19. The van der Waals surface area contributed by atoms with Crippen LogP contribution < -0.4 is 14.2 Å². The Morgan fingerprint density at radius 1 is 1.29 bits per heavy atom. The highest BCUT2D eigenvalue weighted by Crippen LogP contribution is 2.37. The molecular weight excluding hydrogens is 220 g/mol. The summed E-state index contributed by atoms with van der Waals surface area (Å²) in [6, 6.07) is 3.42. The second kappa shape index (κ2) is 4.65. The minimum Gasteiger partial charge on any atom is -0.493 e. The number of carbonyl (C=O) groups is 1. The summed E-state index contributed by atoms with van der Waals surface area (Å²) in [6.07, 6.45) is 0.446. The van der Waals surface area contributed by atoms with E-state index in [0.29, 0.717) is 35.8 Å². The Bertz CT molecular complexity index is 437. The fourth-order valence-electron chi connectivity index (χ4n) is 1.77. The van der Waals surface area contributed by atoms with E-state index in [4.69, 9.17) is 14.2 Å². The van der Waals surface area contributed by atoms with Crippen LogP contribution in [0.1, 0.15) is 30.6 Å². The van der Waals surface area contributed by atoms with E-state index in [9.17, 15) is 4.79 Å². The van der Waals surface area contributed by atoms with Gasteiger partial charge in [0.2, 0.25) is 0 Å². The number of hydrogen-bond acceptors (Lipinski definition) is 4. The summed E-state index contributed by atoms with van der Waals surface area (Å²) in [7, 11) is 1.57. The van der Waals surface area contributed by atoms with Gasteiger partial charge in [-0.25, -0.2) is 0 Å². The van der Waals surface area contributed by atoms with Crippen molar-refractivity contribution in [3.05, 3.63) is 17.7 Å². The second-order valence-corrected chi connectivity index (χ2v) is 4.19. The van der Waals surface area contributed by atoms with Crippen molar-refractivity contribution in [1.82, 2.24) is 0 Å². The first kappa shape index (κ1) is 11.8. The lowest BCUT2D eigenvalue weighted by Gasteiger charge is -2.20. The van der Waals surface area contributed by atoms with Crippen LogP contribution in [0.5, 0.6) is 17.2 Å². The molecule has 0 saturated heterocycles. The topological polar surface area (TPSA) is 44.8 Å². The Morgan fingerprint density at radius 3 is 2.71 bits per heavy atom. The molecule has 0 atom stereocenters. The van der Waals surface area contributed by atoms with Crippen LogP contribution >= 0.6 is 0 Å². The molecule has 0 fully saturated rings. The maximum Gasteiger partial charge on any atom is 0.170 e. The zero-order valence-corrected chi connectivity index (χ0v) is 10.3. The van der Waals surface area contributed by atoms with Gasteiger partial charge in [0.25, 0.3) is 0 Å². The molecule has 92 valence electrons. The first-order valence-corrected chi connectivity index (χ1v) is 5.66. The molecule has 1 heterocycles. The number of ketones is 1. The largest absolute Gasteiger partial charge is 0.493 e. The van der Waals surface area contributed by atoms with E-state index in [-0.39, 0.29) is 11.9 Å². The van der Waals surface area contributed by atoms with Crippen LogP contribution in [0.3, 0.4) is 0 Å². The molecule has 0 radical (unpaired) electrons. The van der Waals surface area contributed by atoms with Crippen LogP contribution in [0.25, 0.3) is 0 Å². The maximum atomic E-state index is 11.7. The molecule has 0 amide bonds. The van der Waals surface area contributed by atoms with Gasteiger partial charge in [0, 0.05) is 12.5 Å². The Hall–Kier alpha value is -1.71. The predicted molar refractivity (Wildman–Crippen MR) is 63.2 cm³/mol. The van der Waals surface area contributed by atoms with Crippen LogP contribution in [-0.2, 0) is 0 Å². The number of benzene rings is 1. The van der Waals surface area contributed by atoms with Crippen LogP contribution in [0.2, 0.25) is 0 Å². The van der Waals surface area contributed by atoms with E-state index in [1.165, 1.54) is 0 Å². The number of hydrogen-bond donors (Lipinski definition) is 0. The van der Waals surface area contributed by atoms with Gasteiger partial charge in [-0.3, -0.25) is 4.79 Å². The number of methoxy groups -OCH3 is 1. The van der Waals surface area contributed by atoms with Crippen LogP contribution in [0.4, 0.5) is 0 Å². The maximum absolute atomic E-state index is 11.7. The summed E-state index contributed by atoms with van der Waals surface area (Å²) in [6.45, 7) is 4.29. The molecule has 4 heteroatoms. The van der Waals surface area contributed by atoms with Gasteiger partial charge in [-0.05, 0) is 19.9 Å². The monoisotopic (exact) mass is 236 g/mol. The number of fused-ring (bicyclic) bond motifs is 1. The van der Waals surface area contributed by atoms with Gasteiger partial charge >= 0.3 is 0 Å². The van der Waals surface area contributed by atoms with E-state index in [1.54, 1.807) is 19.2 Å². The molecular formula is C13H16O4. The highest BCUT2D eigenvalue weighted by atomic mass is 16.5. The van der Waals surface area contributed by atoms with Crippen molar-refractivity contribution in [3.63, 3.8) is 0 Å². The Morgan fingerprint density at radius 2 is 2.06 bits per heavy atom. The minimum atomic E-state index is 0.0292. The molecule has 1 aliphatic rings. The van der Waals surface area contributed by atoms with E-state index in [1.807, 2.05) is 13.8 Å². The van der Waals surface area contributed by atoms with E-state index in [2.05, 4.69) is 0 Å². The first-order valence-electron chi connectivity index (χ1n) is 5.66. The summed E-state index contributed by atoms with van der Waals surface area (Å²) in [4.78, 5) is 11.7. The average molecular weight is 236 g/mol. The third-order valence-corrected chi connectivity index (χ3v) is 2.52. The third-order valence-electron chi connectivity index (χ3n) is 2.52. The molecule has 1 aromatic rings. The Balaban J connectivity index is 2.44. The molecule has 0 aromatic heterocycles. The van der Waals surface area contributed by atoms with Crippen molar-refractivity contribution in [2.75, 3.05) is 13.7 Å². The zero-order chi connectivity index (χ0) is 12.4. The number of carbonyl (C=O) groups excluding carboxylic acids is 1. The highest BCUT2D eigenvalue weighted by Gasteiger charge is 2.22. The van der Waals surface area contributed by atoms with Gasteiger partial charge in [-0.15, -0.1) is 0 Å². The number of rotatable bonds is 3. The lowest BCUT2D eigenvalue weighted by Crippen LogP contribution is -2.16. The number of Topliss-reactive ketones (excluding diaryl/α,β-unsaturated/α-hetero) is 1. The van der Waals surface area contributed by atoms with Crippen LogP contribution in [-0.4, -0.2) is 25.6 Å². The molecule has 0 bridgehead atoms. The normalized spacial score (nSPS) is 14.2. The predicted octanol–water partition coefficient (Wildman–Crippen LogP) is 2.45. The molecule has 0 unspecified atom stereocenters. The summed E-state index contributed by atoms with van der Waals surface area (Å²) in [5.41, 5.74) is 0.577. The molecule has 2 rings (SSSR count). The highest BCUT2D eigenvalue weighted by molar-refractivity contribution is 6.00. The summed E-state index contributed by atoms with van der Waals surface area (Å²) < 4.78 is 16.3. The van der Waals surface area contributed by atoms with Gasteiger partial charge in [-0.2, -0.15) is 0 Å². The molecule has 0 saturated carbocycles. The van der Waals surface area contributed by atoms with Crippen molar-refractivity contribution >= 4 is 5.78 Å². The van der Waals surface area contributed by atoms with Crippen molar-refractivity contribution in [2.24, 2.45) is 0 Å². The fraction of sp³-hybridized carbons (Fsp3) is 0.462. The molecule has 4 nitrogen and oxygen atoms in total. The minimum absolute atomic E-state index is 0.0292. The van der Waals surface area contributed by atoms with E-state index in [0.717, 1.165) is 0 Å². The van der Waals surface area contributed by atoms with E-state index >= 15 is 0 Å². The van der Waals surface area contributed by atoms with Crippen molar-refractivity contribution in [1.29, 1.82) is 0 Å². The zero-order valence-electron chi connectivity index (χ0n) is 10.3. The van der Waals surface area contributed by atoms with Crippen LogP contribution in [0.15, 0.2) is 12.1 Å². The molecule has 1 aromatic carbocycles. The smallest absolute Gasteiger partial charge is 0.170 e. The van der Waals surface area contributed by atoms with Gasteiger partial charge in [-0.1, -0.05) is 0 Å². The lowest BCUT2D eigenvalue weighted by molar-refractivity contribution is 0.0932. The Kier molecular flexibility index (Phi) is 3.22. The van der Waals surface area contributed by atoms with Gasteiger partial charge in [0.05, 0.1) is 25.4 Å². The first-order chi connectivity index (χ1) is 8.11. The van der Waals surface area contributed by atoms with Gasteiger partial charge < -0.3 is 14.2 Å². The molecule has 0 aliphatic carbocycles. The molecule has 1 aliphatic heterocycles. The average Bonchev–Trinajstić information content (AvgIpc) is 2.29. The number of ether oxygens (including phenoxy) is 3. The van der Waals surface area contributed by atoms with E-state index < -0.39 is 0 Å². The van der Waals surface area contributed by atoms with Gasteiger partial charge in [0.1, 0.15) is 5.75 Å². The Labute approximate surface area is 100 Å². The lowest BCUT2D eigenvalue weighted by atomic mass is 10.0.